The molecular weight excluding hydrogens is 210 g/mol. The summed E-state index contributed by atoms with van der Waals surface area (Å²) in [7, 11) is 0. The van der Waals surface area contributed by atoms with Crippen molar-refractivity contribution in [2.45, 2.75) is 31.6 Å². The first-order valence-corrected chi connectivity index (χ1v) is 6.24. The third-order valence-corrected chi connectivity index (χ3v) is 3.74. The molecule has 0 aromatic rings. The molecule has 1 unspecified atom stereocenters. The number of ether oxygens (including phenoxy) is 1. The second-order valence-electron chi connectivity index (χ2n) is 5.07. The maximum absolute atomic E-state index is 6.11. The van der Waals surface area contributed by atoms with Gasteiger partial charge in [-0.25, -0.2) is 0 Å². The molecule has 0 radical (unpaired) electrons. The summed E-state index contributed by atoms with van der Waals surface area (Å²) >= 11 is 6.11. The Labute approximate surface area is 97.0 Å². The van der Waals surface area contributed by atoms with Crippen LogP contribution in [0.4, 0.5) is 0 Å². The summed E-state index contributed by atoms with van der Waals surface area (Å²) in [6.07, 6.45) is 5.76. The summed E-state index contributed by atoms with van der Waals surface area (Å²) < 4.78 is 5.41. The van der Waals surface area contributed by atoms with Crippen LogP contribution in [0.1, 0.15) is 26.2 Å². The van der Waals surface area contributed by atoms with Gasteiger partial charge in [0.1, 0.15) is 0 Å². The van der Waals surface area contributed by atoms with Gasteiger partial charge in [0.15, 0.2) is 0 Å². The van der Waals surface area contributed by atoms with Gasteiger partial charge >= 0.3 is 0 Å². The van der Waals surface area contributed by atoms with E-state index < -0.39 is 0 Å². The van der Waals surface area contributed by atoms with Gasteiger partial charge in [-0.2, -0.15) is 0 Å². The second-order valence-corrected chi connectivity index (χ2v) is 5.63. The van der Waals surface area contributed by atoms with Crippen LogP contribution in [0.3, 0.4) is 0 Å². The van der Waals surface area contributed by atoms with Crippen LogP contribution in [0.2, 0.25) is 0 Å². The maximum Gasteiger partial charge on any atom is 0.0643 e. The zero-order valence-electron chi connectivity index (χ0n) is 9.39. The second kappa shape index (κ2) is 4.86. The first-order chi connectivity index (χ1) is 7.18. The molecule has 0 bridgehead atoms. The number of rotatable bonds is 2. The Morgan fingerprint density at radius 3 is 2.93 bits per heavy atom. The first kappa shape index (κ1) is 11.4. The highest BCUT2D eigenvalue weighted by atomic mass is 35.5. The number of hydrogen-bond donors (Lipinski definition) is 1. The van der Waals surface area contributed by atoms with Gasteiger partial charge in [0, 0.05) is 26.3 Å². The molecule has 86 valence electrons. The number of nitrogens with one attached hydrogen (secondary N) is 1. The summed E-state index contributed by atoms with van der Waals surface area (Å²) in [6, 6.07) is 0. The van der Waals surface area contributed by atoms with E-state index in [1.807, 2.05) is 0 Å². The first-order valence-electron chi connectivity index (χ1n) is 5.80. The predicted molar refractivity (Wildman–Crippen MR) is 63.4 cm³/mol. The molecular formula is C12H20ClNO. The standard InChI is InChI=1S/C12H20ClNO/c1-12(2-4-15-5-3-12)7-10-6-11(13)9-14-8-10/h6,11,14H,2-5,7-9H2,1H3. The van der Waals surface area contributed by atoms with Gasteiger partial charge in [-0.3, -0.25) is 0 Å². The Hall–Kier alpha value is -0.0500. The van der Waals surface area contributed by atoms with E-state index in [4.69, 9.17) is 16.3 Å². The van der Waals surface area contributed by atoms with Crippen LogP contribution in [-0.4, -0.2) is 31.7 Å². The molecule has 2 nitrogen and oxygen atoms in total. The molecule has 1 atom stereocenters. The van der Waals surface area contributed by atoms with E-state index in [0.29, 0.717) is 5.41 Å². The topological polar surface area (TPSA) is 21.3 Å². The molecule has 0 aromatic heterocycles. The third-order valence-electron chi connectivity index (χ3n) is 3.46. The minimum atomic E-state index is 0.178. The van der Waals surface area contributed by atoms with Crippen LogP contribution < -0.4 is 5.32 Å². The molecule has 0 spiro atoms. The van der Waals surface area contributed by atoms with Gasteiger partial charge in [0.25, 0.3) is 0 Å². The number of halogens is 1. The lowest BCUT2D eigenvalue weighted by atomic mass is 9.76. The molecule has 2 aliphatic heterocycles. The zero-order chi connectivity index (χ0) is 10.7. The van der Waals surface area contributed by atoms with Crippen molar-refractivity contribution in [3.8, 4) is 0 Å². The van der Waals surface area contributed by atoms with Crippen LogP contribution >= 0.6 is 11.6 Å². The average molecular weight is 230 g/mol. The molecule has 1 saturated heterocycles. The van der Waals surface area contributed by atoms with Crippen LogP contribution in [-0.2, 0) is 4.74 Å². The van der Waals surface area contributed by atoms with Crippen molar-refractivity contribution in [1.82, 2.24) is 5.32 Å². The fourth-order valence-corrected chi connectivity index (χ4v) is 2.74. The quantitative estimate of drug-likeness (QED) is 0.580. The highest BCUT2D eigenvalue weighted by molar-refractivity contribution is 6.22. The van der Waals surface area contributed by atoms with Gasteiger partial charge in [-0.1, -0.05) is 18.6 Å². The SMILES string of the molecule is CC1(CC2=CC(Cl)CNC2)CCOCC1. The van der Waals surface area contributed by atoms with Gasteiger partial charge in [-0.15, -0.1) is 11.6 Å². The summed E-state index contributed by atoms with van der Waals surface area (Å²) in [5.41, 5.74) is 1.91. The number of hydrogen-bond acceptors (Lipinski definition) is 2. The van der Waals surface area contributed by atoms with E-state index in [-0.39, 0.29) is 5.38 Å². The van der Waals surface area contributed by atoms with Gasteiger partial charge in [-0.05, 0) is 24.7 Å². The Balaban J connectivity index is 1.94. The molecule has 0 saturated carbocycles. The molecule has 0 amide bonds. The van der Waals surface area contributed by atoms with Crippen molar-refractivity contribution < 1.29 is 4.74 Å². The van der Waals surface area contributed by atoms with Crippen molar-refractivity contribution in [1.29, 1.82) is 0 Å². The summed E-state index contributed by atoms with van der Waals surface area (Å²) in [5, 5.41) is 3.54. The van der Waals surface area contributed by atoms with Crippen molar-refractivity contribution in [2.75, 3.05) is 26.3 Å². The molecule has 2 rings (SSSR count). The number of alkyl halides is 1. The molecule has 0 aromatic carbocycles. The monoisotopic (exact) mass is 229 g/mol. The summed E-state index contributed by atoms with van der Waals surface area (Å²) in [4.78, 5) is 0. The smallest absolute Gasteiger partial charge is 0.0643 e. The Morgan fingerprint density at radius 1 is 1.53 bits per heavy atom. The van der Waals surface area contributed by atoms with Gasteiger partial charge in [0.05, 0.1) is 5.38 Å². The lowest BCUT2D eigenvalue weighted by Crippen LogP contribution is -2.33. The van der Waals surface area contributed by atoms with Crippen LogP contribution in [0.5, 0.6) is 0 Å². The van der Waals surface area contributed by atoms with Gasteiger partial charge < -0.3 is 10.1 Å². The van der Waals surface area contributed by atoms with Gasteiger partial charge in [0.2, 0.25) is 0 Å². The van der Waals surface area contributed by atoms with E-state index in [1.165, 1.54) is 24.8 Å². The Bertz CT molecular complexity index is 246. The minimum Gasteiger partial charge on any atom is -0.381 e. The maximum atomic E-state index is 6.11. The normalized spacial score (nSPS) is 31.1. The van der Waals surface area contributed by atoms with Crippen LogP contribution in [0.25, 0.3) is 0 Å². The fraction of sp³-hybridized carbons (Fsp3) is 0.833. The molecule has 1 fully saturated rings. The van der Waals surface area contributed by atoms with E-state index >= 15 is 0 Å². The lowest BCUT2D eigenvalue weighted by Gasteiger charge is -2.35. The minimum absolute atomic E-state index is 0.178. The van der Waals surface area contributed by atoms with E-state index in [0.717, 1.165) is 26.3 Å². The summed E-state index contributed by atoms with van der Waals surface area (Å²) in [6.45, 7) is 6.13. The van der Waals surface area contributed by atoms with E-state index in [2.05, 4.69) is 18.3 Å². The molecule has 0 aliphatic carbocycles. The molecule has 3 heteroatoms. The van der Waals surface area contributed by atoms with E-state index in [1.54, 1.807) is 0 Å². The Kier molecular flexibility index (Phi) is 3.70. The largest absolute Gasteiger partial charge is 0.381 e. The zero-order valence-corrected chi connectivity index (χ0v) is 10.1. The molecule has 2 heterocycles. The van der Waals surface area contributed by atoms with Crippen molar-refractivity contribution in [3.63, 3.8) is 0 Å². The predicted octanol–water partition coefficient (Wildman–Crippen LogP) is 2.33. The lowest BCUT2D eigenvalue weighted by molar-refractivity contribution is 0.0238. The average Bonchev–Trinajstić information content (AvgIpc) is 2.18. The van der Waals surface area contributed by atoms with Crippen molar-refractivity contribution in [3.05, 3.63) is 11.6 Å². The Morgan fingerprint density at radius 2 is 2.27 bits per heavy atom. The fourth-order valence-electron chi connectivity index (χ4n) is 2.45. The van der Waals surface area contributed by atoms with Crippen LogP contribution in [0.15, 0.2) is 11.6 Å². The molecule has 2 aliphatic rings. The highest BCUT2D eigenvalue weighted by Crippen LogP contribution is 2.36. The van der Waals surface area contributed by atoms with Crippen LogP contribution in [0, 0.1) is 5.41 Å². The molecule has 1 N–H and O–H groups in total. The van der Waals surface area contributed by atoms with Crippen molar-refractivity contribution in [2.24, 2.45) is 5.41 Å². The molecule has 15 heavy (non-hydrogen) atoms. The summed E-state index contributed by atoms with van der Waals surface area (Å²) in [5.74, 6) is 0. The highest BCUT2D eigenvalue weighted by Gasteiger charge is 2.28. The van der Waals surface area contributed by atoms with E-state index in [9.17, 15) is 0 Å². The van der Waals surface area contributed by atoms with Crippen molar-refractivity contribution >= 4 is 11.6 Å². The third kappa shape index (κ3) is 3.20.